The summed E-state index contributed by atoms with van der Waals surface area (Å²) in [6.45, 7) is 5.72. The van der Waals surface area contributed by atoms with Crippen LogP contribution in [0.3, 0.4) is 0 Å². The SMILES string of the molecule is COc1cccc2c1OCC(C(=O)NCC(=O)NC(C)(C)C)=C2. The fraction of sp³-hybridized carbons (Fsp3) is 0.412. The second-order valence-electron chi connectivity index (χ2n) is 6.32. The van der Waals surface area contributed by atoms with Gasteiger partial charge in [0.15, 0.2) is 11.5 Å². The molecule has 1 heterocycles. The number of hydrogen-bond donors (Lipinski definition) is 2. The standard InChI is InChI=1S/C17H22N2O4/c1-17(2,3)19-14(20)9-18-16(21)12-8-11-6-5-7-13(22-4)15(11)23-10-12/h5-8H,9-10H2,1-4H3,(H,18,21)(H,19,20). The number of methoxy groups -OCH3 is 1. The van der Waals surface area contributed by atoms with Crippen molar-refractivity contribution in [2.45, 2.75) is 26.3 Å². The van der Waals surface area contributed by atoms with E-state index in [1.165, 1.54) is 0 Å². The van der Waals surface area contributed by atoms with E-state index >= 15 is 0 Å². The molecule has 0 saturated carbocycles. The molecular weight excluding hydrogens is 296 g/mol. The number of carbonyl (C=O) groups is 2. The van der Waals surface area contributed by atoms with Gasteiger partial charge in [0.2, 0.25) is 5.91 Å². The van der Waals surface area contributed by atoms with Gasteiger partial charge in [-0.15, -0.1) is 0 Å². The Morgan fingerprint density at radius 1 is 1.30 bits per heavy atom. The van der Waals surface area contributed by atoms with E-state index in [4.69, 9.17) is 9.47 Å². The van der Waals surface area contributed by atoms with Gasteiger partial charge < -0.3 is 20.1 Å². The molecule has 1 aromatic rings. The summed E-state index contributed by atoms with van der Waals surface area (Å²) in [5.74, 6) is 0.701. The van der Waals surface area contributed by atoms with Crippen LogP contribution < -0.4 is 20.1 Å². The zero-order valence-electron chi connectivity index (χ0n) is 13.9. The van der Waals surface area contributed by atoms with Gasteiger partial charge in [-0.2, -0.15) is 0 Å². The summed E-state index contributed by atoms with van der Waals surface area (Å²) in [7, 11) is 1.57. The molecular formula is C17H22N2O4. The Hall–Kier alpha value is -2.50. The molecule has 2 rings (SSSR count). The molecule has 0 bridgehead atoms. The molecule has 6 nitrogen and oxygen atoms in total. The zero-order valence-corrected chi connectivity index (χ0v) is 13.9. The van der Waals surface area contributed by atoms with Gasteiger partial charge in [-0.3, -0.25) is 9.59 Å². The minimum Gasteiger partial charge on any atom is -0.493 e. The van der Waals surface area contributed by atoms with Crippen LogP contribution >= 0.6 is 0 Å². The highest BCUT2D eigenvalue weighted by molar-refractivity contribution is 6.00. The number of hydrogen-bond acceptors (Lipinski definition) is 4. The van der Waals surface area contributed by atoms with Crippen LogP contribution in [0.25, 0.3) is 6.08 Å². The molecule has 0 unspecified atom stereocenters. The van der Waals surface area contributed by atoms with Gasteiger partial charge in [-0.25, -0.2) is 0 Å². The van der Waals surface area contributed by atoms with Gasteiger partial charge in [0.1, 0.15) is 6.61 Å². The number of benzene rings is 1. The Morgan fingerprint density at radius 3 is 2.70 bits per heavy atom. The number of fused-ring (bicyclic) bond motifs is 1. The Bertz CT molecular complexity index is 644. The predicted octanol–water partition coefficient (Wildman–Crippen LogP) is 1.50. The molecule has 0 aliphatic carbocycles. The van der Waals surface area contributed by atoms with E-state index in [1.807, 2.05) is 32.9 Å². The van der Waals surface area contributed by atoms with Crippen LogP contribution in [0.1, 0.15) is 26.3 Å². The molecule has 0 saturated heterocycles. The average molecular weight is 318 g/mol. The Kier molecular flexibility index (Phi) is 4.93. The van der Waals surface area contributed by atoms with Crippen molar-refractivity contribution in [1.29, 1.82) is 0 Å². The molecule has 6 heteroatoms. The molecule has 1 aliphatic rings. The predicted molar refractivity (Wildman–Crippen MR) is 87.4 cm³/mol. The summed E-state index contributed by atoms with van der Waals surface area (Å²) in [5.41, 5.74) is 0.916. The smallest absolute Gasteiger partial charge is 0.251 e. The molecule has 0 atom stereocenters. The van der Waals surface area contributed by atoms with Crippen LogP contribution in [0.15, 0.2) is 23.8 Å². The highest BCUT2D eigenvalue weighted by atomic mass is 16.5. The maximum atomic E-state index is 12.2. The van der Waals surface area contributed by atoms with Crippen LogP contribution in [0.5, 0.6) is 11.5 Å². The van der Waals surface area contributed by atoms with Crippen molar-refractivity contribution in [3.8, 4) is 11.5 Å². The van der Waals surface area contributed by atoms with Crippen molar-refractivity contribution < 1.29 is 19.1 Å². The minimum atomic E-state index is -0.329. The Labute approximate surface area is 135 Å². The minimum absolute atomic E-state index is 0.0710. The third kappa shape index (κ3) is 4.48. The first-order chi connectivity index (χ1) is 10.8. The van der Waals surface area contributed by atoms with E-state index < -0.39 is 0 Å². The summed E-state index contributed by atoms with van der Waals surface area (Å²) in [5, 5.41) is 5.39. The summed E-state index contributed by atoms with van der Waals surface area (Å²) in [6.07, 6.45) is 1.75. The molecule has 2 N–H and O–H groups in total. The molecule has 2 amide bonds. The third-order valence-corrected chi connectivity index (χ3v) is 3.15. The van der Waals surface area contributed by atoms with Crippen LogP contribution in [0.4, 0.5) is 0 Å². The molecule has 0 spiro atoms. The molecule has 1 aromatic carbocycles. The lowest BCUT2D eigenvalue weighted by Gasteiger charge is -2.21. The lowest BCUT2D eigenvalue weighted by atomic mass is 10.1. The van der Waals surface area contributed by atoms with Gasteiger partial charge in [-0.05, 0) is 32.9 Å². The lowest BCUT2D eigenvalue weighted by Crippen LogP contribution is -2.46. The lowest BCUT2D eigenvalue weighted by molar-refractivity contribution is -0.125. The first-order valence-electron chi connectivity index (χ1n) is 7.40. The second kappa shape index (κ2) is 6.73. The number of carbonyl (C=O) groups excluding carboxylic acids is 2. The fourth-order valence-corrected chi connectivity index (χ4v) is 2.21. The molecule has 124 valence electrons. The van der Waals surface area contributed by atoms with Gasteiger partial charge in [0, 0.05) is 11.1 Å². The van der Waals surface area contributed by atoms with E-state index in [2.05, 4.69) is 10.6 Å². The number of amides is 2. The van der Waals surface area contributed by atoms with Crippen LogP contribution in [0, 0.1) is 0 Å². The van der Waals surface area contributed by atoms with Crippen LogP contribution in [-0.4, -0.2) is 37.6 Å². The molecule has 0 fully saturated rings. The molecule has 23 heavy (non-hydrogen) atoms. The maximum Gasteiger partial charge on any atom is 0.251 e. The summed E-state index contributed by atoms with van der Waals surface area (Å²) in [6, 6.07) is 5.47. The maximum absolute atomic E-state index is 12.2. The second-order valence-corrected chi connectivity index (χ2v) is 6.32. The van der Waals surface area contributed by atoms with E-state index in [0.29, 0.717) is 17.1 Å². The van der Waals surface area contributed by atoms with Crippen LogP contribution in [0.2, 0.25) is 0 Å². The van der Waals surface area contributed by atoms with Crippen molar-refractivity contribution >= 4 is 17.9 Å². The van der Waals surface area contributed by atoms with E-state index in [-0.39, 0.29) is 30.5 Å². The Balaban J connectivity index is 2.01. The molecule has 1 aliphatic heterocycles. The largest absolute Gasteiger partial charge is 0.493 e. The first kappa shape index (κ1) is 16.9. The van der Waals surface area contributed by atoms with Crippen LogP contribution in [-0.2, 0) is 9.59 Å². The topological polar surface area (TPSA) is 76.7 Å². The summed E-state index contributed by atoms with van der Waals surface area (Å²) >= 11 is 0. The van der Waals surface area contributed by atoms with Gasteiger partial charge in [0.05, 0.1) is 19.2 Å². The molecule has 0 radical (unpaired) electrons. The Morgan fingerprint density at radius 2 is 2.04 bits per heavy atom. The quantitative estimate of drug-likeness (QED) is 0.882. The van der Waals surface area contributed by atoms with Crippen molar-refractivity contribution in [3.63, 3.8) is 0 Å². The van der Waals surface area contributed by atoms with Crippen molar-refractivity contribution in [1.82, 2.24) is 10.6 Å². The monoisotopic (exact) mass is 318 g/mol. The summed E-state index contributed by atoms with van der Waals surface area (Å²) < 4.78 is 10.8. The van der Waals surface area contributed by atoms with E-state index in [1.54, 1.807) is 19.3 Å². The van der Waals surface area contributed by atoms with Crippen molar-refractivity contribution in [2.24, 2.45) is 0 Å². The van der Waals surface area contributed by atoms with Gasteiger partial charge >= 0.3 is 0 Å². The number of para-hydroxylation sites is 1. The fourth-order valence-electron chi connectivity index (χ4n) is 2.21. The van der Waals surface area contributed by atoms with Crippen molar-refractivity contribution in [2.75, 3.05) is 20.3 Å². The number of nitrogens with one attached hydrogen (secondary N) is 2. The average Bonchev–Trinajstić information content (AvgIpc) is 2.49. The van der Waals surface area contributed by atoms with Gasteiger partial charge in [-0.1, -0.05) is 12.1 Å². The summed E-state index contributed by atoms with van der Waals surface area (Å²) in [4.78, 5) is 23.9. The first-order valence-corrected chi connectivity index (χ1v) is 7.40. The van der Waals surface area contributed by atoms with E-state index in [9.17, 15) is 9.59 Å². The molecule has 0 aromatic heterocycles. The zero-order chi connectivity index (χ0) is 17.0. The van der Waals surface area contributed by atoms with Crippen molar-refractivity contribution in [3.05, 3.63) is 29.3 Å². The number of rotatable bonds is 4. The highest BCUT2D eigenvalue weighted by Crippen LogP contribution is 2.35. The normalized spacial score (nSPS) is 13.3. The van der Waals surface area contributed by atoms with E-state index in [0.717, 1.165) is 5.56 Å². The highest BCUT2D eigenvalue weighted by Gasteiger charge is 2.21. The van der Waals surface area contributed by atoms with Gasteiger partial charge in [0.25, 0.3) is 5.91 Å². The number of ether oxygens (including phenoxy) is 2. The third-order valence-electron chi connectivity index (χ3n) is 3.15.